The van der Waals surface area contributed by atoms with Crippen LogP contribution in [0.15, 0.2) is 73.1 Å². The predicted octanol–water partition coefficient (Wildman–Crippen LogP) is 4.75. The molecule has 2 amide bonds. The number of carbonyl (C=O) groups excluding carboxylic acids is 1. The van der Waals surface area contributed by atoms with Gasteiger partial charge in [0.15, 0.2) is 0 Å². The Morgan fingerprint density at radius 1 is 0.966 bits per heavy atom. The van der Waals surface area contributed by atoms with Gasteiger partial charge in [-0.3, -0.25) is 9.88 Å². The Morgan fingerprint density at radius 3 is 2.45 bits per heavy atom. The normalized spacial score (nSPS) is 14.6. The van der Waals surface area contributed by atoms with Gasteiger partial charge >= 0.3 is 6.03 Å². The number of benzene rings is 2. The summed E-state index contributed by atoms with van der Waals surface area (Å²) >= 11 is 5.90. The molecule has 1 N–H and O–H groups in total. The highest BCUT2D eigenvalue weighted by molar-refractivity contribution is 6.30. The molecule has 0 unspecified atom stereocenters. The van der Waals surface area contributed by atoms with Gasteiger partial charge in [0.1, 0.15) is 0 Å². The van der Waals surface area contributed by atoms with Crippen LogP contribution in [0.5, 0.6) is 0 Å². The van der Waals surface area contributed by atoms with Crippen molar-refractivity contribution in [1.82, 2.24) is 14.8 Å². The maximum absolute atomic E-state index is 12.5. The van der Waals surface area contributed by atoms with Crippen molar-refractivity contribution in [3.63, 3.8) is 0 Å². The molecule has 5 nitrogen and oxygen atoms in total. The van der Waals surface area contributed by atoms with E-state index in [9.17, 15) is 4.79 Å². The molecule has 1 aromatic heterocycles. The highest BCUT2D eigenvalue weighted by Gasteiger charge is 2.22. The third-order valence-corrected chi connectivity index (χ3v) is 5.39. The lowest BCUT2D eigenvalue weighted by Crippen LogP contribution is -2.49. The average Bonchev–Trinajstić information content (AvgIpc) is 2.77. The van der Waals surface area contributed by atoms with Crippen molar-refractivity contribution in [2.45, 2.75) is 6.54 Å². The number of anilines is 1. The molecule has 1 saturated heterocycles. The zero-order chi connectivity index (χ0) is 20.1. The maximum Gasteiger partial charge on any atom is 0.321 e. The molecule has 0 aliphatic carbocycles. The summed E-state index contributed by atoms with van der Waals surface area (Å²) < 4.78 is 0. The van der Waals surface area contributed by atoms with Gasteiger partial charge in [0.2, 0.25) is 0 Å². The molecule has 2 heterocycles. The second-order valence-corrected chi connectivity index (χ2v) is 7.54. The molecule has 3 aromatic rings. The van der Waals surface area contributed by atoms with Gasteiger partial charge in [-0.15, -0.1) is 0 Å². The number of halogens is 1. The summed E-state index contributed by atoms with van der Waals surface area (Å²) in [6.45, 7) is 3.95. The van der Waals surface area contributed by atoms with E-state index in [1.165, 1.54) is 11.1 Å². The Hall–Kier alpha value is -2.89. The minimum Gasteiger partial charge on any atom is -0.322 e. The zero-order valence-corrected chi connectivity index (χ0v) is 16.8. The summed E-state index contributed by atoms with van der Waals surface area (Å²) in [6, 6.07) is 19.6. The second kappa shape index (κ2) is 9.07. The Kier molecular flexibility index (Phi) is 6.08. The van der Waals surface area contributed by atoms with Crippen LogP contribution >= 0.6 is 11.6 Å². The molecule has 1 aliphatic heterocycles. The molecule has 0 bridgehead atoms. The zero-order valence-electron chi connectivity index (χ0n) is 16.1. The van der Waals surface area contributed by atoms with Gasteiger partial charge in [-0.05, 0) is 41.5 Å². The molecule has 0 atom stereocenters. The highest BCUT2D eigenvalue weighted by atomic mass is 35.5. The molecular weight excluding hydrogens is 384 g/mol. The first kappa shape index (κ1) is 19.4. The number of amides is 2. The minimum atomic E-state index is -0.0669. The lowest BCUT2D eigenvalue weighted by Gasteiger charge is -2.35. The number of nitrogens with zero attached hydrogens (tertiary/aromatic N) is 3. The fourth-order valence-corrected chi connectivity index (χ4v) is 3.67. The van der Waals surface area contributed by atoms with E-state index >= 15 is 0 Å². The molecule has 0 radical (unpaired) electrons. The fourth-order valence-electron chi connectivity index (χ4n) is 3.55. The molecular formula is C23H23ClN4O. The van der Waals surface area contributed by atoms with Crippen LogP contribution in [0.1, 0.15) is 5.56 Å². The number of nitrogens with one attached hydrogen (secondary N) is 1. The molecule has 0 saturated carbocycles. The van der Waals surface area contributed by atoms with Crippen LogP contribution in [0.2, 0.25) is 5.02 Å². The predicted molar refractivity (Wildman–Crippen MR) is 117 cm³/mol. The van der Waals surface area contributed by atoms with E-state index in [1.54, 1.807) is 18.3 Å². The number of piperazine rings is 1. The van der Waals surface area contributed by atoms with E-state index in [4.69, 9.17) is 11.6 Å². The number of rotatable bonds is 4. The average molecular weight is 407 g/mol. The Labute approximate surface area is 175 Å². The maximum atomic E-state index is 12.5. The Morgan fingerprint density at radius 2 is 1.72 bits per heavy atom. The third kappa shape index (κ3) is 4.94. The van der Waals surface area contributed by atoms with Crippen LogP contribution in [0, 0.1) is 0 Å². The summed E-state index contributed by atoms with van der Waals surface area (Å²) in [5.74, 6) is 0. The van der Waals surface area contributed by atoms with Crippen LogP contribution in [0.25, 0.3) is 11.1 Å². The minimum absolute atomic E-state index is 0.0669. The van der Waals surface area contributed by atoms with Gasteiger partial charge in [-0.1, -0.05) is 41.9 Å². The first-order valence-electron chi connectivity index (χ1n) is 9.71. The Balaban J connectivity index is 1.35. The first-order chi connectivity index (χ1) is 14.2. The molecule has 29 heavy (non-hydrogen) atoms. The van der Waals surface area contributed by atoms with Gasteiger partial charge in [0.05, 0.1) is 0 Å². The fraction of sp³-hybridized carbons (Fsp3) is 0.217. The topological polar surface area (TPSA) is 48.5 Å². The monoisotopic (exact) mass is 406 g/mol. The van der Waals surface area contributed by atoms with Crippen LogP contribution in [0.3, 0.4) is 0 Å². The SMILES string of the molecule is O=C(Nc1ccc(Cl)cc1)N1CCN(Cc2ccccc2-c2cccnc2)CC1. The lowest BCUT2D eigenvalue weighted by molar-refractivity contribution is 0.143. The first-order valence-corrected chi connectivity index (χ1v) is 10.1. The van der Waals surface area contributed by atoms with Crippen LogP contribution < -0.4 is 5.32 Å². The van der Waals surface area contributed by atoms with Crippen LogP contribution in [-0.2, 0) is 6.54 Å². The molecule has 148 valence electrons. The number of hydrogen-bond acceptors (Lipinski definition) is 3. The summed E-state index contributed by atoms with van der Waals surface area (Å²) in [4.78, 5) is 21.0. The number of pyridine rings is 1. The van der Waals surface area contributed by atoms with Crippen molar-refractivity contribution in [2.75, 3.05) is 31.5 Å². The molecule has 1 fully saturated rings. The van der Waals surface area contributed by atoms with E-state index in [2.05, 4.69) is 45.5 Å². The Bertz CT molecular complexity index is 954. The summed E-state index contributed by atoms with van der Waals surface area (Å²) in [5.41, 5.74) is 4.37. The third-order valence-electron chi connectivity index (χ3n) is 5.14. The van der Waals surface area contributed by atoms with Crippen molar-refractivity contribution in [3.8, 4) is 11.1 Å². The van der Waals surface area contributed by atoms with Gasteiger partial charge in [0.25, 0.3) is 0 Å². The molecule has 1 aliphatic rings. The van der Waals surface area contributed by atoms with Crippen LogP contribution in [-0.4, -0.2) is 47.0 Å². The van der Waals surface area contributed by atoms with E-state index in [-0.39, 0.29) is 6.03 Å². The van der Waals surface area contributed by atoms with Gasteiger partial charge in [0, 0.05) is 61.4 Å². The van der Waals surface area contributed by atoms with Gasteiger partial charge < -0.3 is 10.2 Å². The summed E-state index contributed by atoms with van der Waals surface area (Å²) in [7, 11) is 0. The summed E-state index contributed by atoms with van der Waals surface area (Å²) in [6.07, 6.45) is 3.69. The van der Waals surface area contributed by atoms with Crippen molar-refractivity contribution < 1.29 is 4.79 Å². The highest BCUT2D eigenvalue weighted by Crippen LogP contribution is 2.24. The van der Waals surface area contributed by atoms with E-state index < -0.39 is 0 Å². The summed E-state index contributed by atoms with van der Waals surface area (Å²) in [5, 5.41) is 3.59. The van der Waals surface area contributed by atoms with Crippen molar-refractivity contribution in [2.24, 2.45) is 0 Å². The van der Waals surface area contributed by atoms with Crippen molar-refractivity contribution >= 4 is 23.3 Å². The molecule has 0 spiro atoms. The number of carbonyl (C=O) groups is 1. The second-order valence-electron chi connectivity index (χ2n) is 7.10. The van der Waals surface area contributed by atoms with Gasteiger partial charge in [-0.2, -0.15) is 0 Å². The standard InChI is InChI=1S/C23H23ClN4O/c24-20-7-9-21(10-8-20)26-23(29)28-14-12-27(13-15-28)17-19-4-1-2-6-22(19)18-5-3-11-25-16-18/h1-11,16H,12-15,17H2,(H,26,29). The van der Waals surface area contributed by atoms with Crippen molar-refractivity contribution in [1.29, 1.82) is 0 Å². The lowest BCUT2D eigenvalue weighted by atomic mass is 10.0. The smallest absolute Gasteiger partial charge is 0.321 e. The number of aromatic nitrogens is 1. The van der Waals surface area contributed by atoms with Crippen LogP contribution in [0.4, 0.5) is 10.5 Å². The van der Waals surface area contributed by atoms with E-state index in [0.717, 1.165) is 30.9 Å². The molecule has 6 heteroatoms. The number of hydrogen-bond donors (Lipinski definition) is 1. The van der Waals surface area contributed by atoms with Gasteiger partial charge in [-0.25, -0.2) is 4.79 Å². The van der Waals surface area contributed by atoms with Crippen molar-refractivity contribution in [3.05, 3.63) is 83.6 Å². The molecule has 4 rings (SSSR count). The number of urea groups is 1. The molecule has 2 aromatic carbocycles. The largest absolute Gasteiger partial charge is 0.322 e. The van der Waals surface area contributed by atoms with E-state index in [0.29, 0.717) is 18.1 Å². The van der Waals surface area contributed by atoms with E-state index in [1.807, 2.05) is 29.3 Å². The quantitative estimate of drug-likeness (QED) is 0.680.